The summed E-state index contributed by atoms with van der Waals surface area (Å²) in [6.45, 7) is 0.784. The highest BCUT2D eigenvalue weighted by molar-refractivity contribution is 5.47. The lowest BCUT2D eigenvalue weighted by Gasteiger charge is -2.17. The van der Waals surface area contributed by atoms with Crippen LogP contribution in [0.4, 0.5) is 5.82 Å². The number of pyridine rings is 1. The van der Waals surface area contributed by atoms with Crippen LogP contribution in [0.3, 0.4) is 0 Å². The number of nitrogens with one attached hydrogen (secondary N) is 1. The molecule has 0 spiro atoms. The molecule has 0 radical (unpaired) electrons. The molecule has 0 bridgehead atoms. The average Bonchev–Trinajstić information content (AvgIpc) is 2.46. The van der Waals surface area contributed by atoms with Gasteiger partial charge in [0.1, 0.15) is 12.1 Å². The maximum Gasteiger partial charge on any atom is 0.133 e. The Morgan fingerprint density at radius 3 is 2.78 bits per heavy atom. The van der Waals surface area contributed by atoms with E-state index in [4.69, 9.17) is 0 Å². The fraction of sp³-hybridized carbons (Fsp3) is 0.357. The van der Waals surface area contributed by atoms with Gasteiger partial charge in [0.2, 0.25) is 0 Å². The number of anilines is 1. The summed E-state index contributed by atoms with van der Waals surface area (Å²) in [6.07, 6.45) is 9.95. The molecule has 0 aliphatic heterocycles. The van der Waals surface area contributed by atoms with Gasteiger partial charge in [0, 0.05) is 30.2 Å². The van der Waals surface area contributed by atoms with Crippen LogP contribution in [0.25, 0.3) is 0 Å². The molecule has 2 aromatic heterocycles. The van der Waals surface area contributed by atoms with E-state index in [9.17, 15) is 0 Å². The highest BCUT2D eigenvalue weighted by Gasteiger charge is 2.14. The fourth-order valence-electron chi connectivity index (χ4n) is 2.36. The van der Waals surface area contributed by atoms with Gasteiger partial charge in [-0.15, -0.1) is 0 Å². The van der Waals surface area contributed by atoms with E-state index in [-0.39, 0.29) is 0 Å². The van der Waals surface area contributed by atoms with E-state index >= 15 is 0 Å². The highest BCUT2D eigenvalue weighted by Crippen LogP contribution is 2.24. The lowest BCUT2D eigenvalue weighted by molar-refractivity contribution is 0.663. The molecule has 4 heteroatoms. The first-order valence-corrected chi connectivity index (χ1v) is 6.39. The van der Waals surface area contributed by atoms with Crippen molar-refractivity contribution in [1.29, 1.82) is 0 Å². The first-order chi connectivity index (χ1) is 8.93. The summed E-state index contributed by atoms with van der Waals surface area (Å²) in [4.78, 5) is 12.8. The van der Waals surface area contributed by atoms with Gasteiger partial charge < -0.3 is 5.32 Å². The lowest BCUT2D eigenvalue weighted by atomic mass is 9.96. The number of hydrogen-bond acceptors (Lipinski definition) is 4. The molecule has 0 saturated carbocycles. The third kappa shape index (κ3) is 2.32. The Morgan fingerprint density at radius 2 is 1.89 bits per heavy atom. The maximum absolute atomic E-state index is 4.37. The molecule has 18 heavy (non-hydrogen) atoms. The van der Waals surface area contributed by atoms with Crippen LogP contribution in [-0.4, -0.2) is 15.0 Å². The third-order valence-corrected chi connectivity index (χ3v) is 3.33. The second-order valence-electron chi connectivity index (χ2n) is 4.56. The molecule has 1 aliphatic rings. The Labute approximate surface area is 107 Å². The van der Waals surface area contributed by atoms with Gasteiger partial charge in [0.05, 0.1) is 0 Å². The van der Waals surface area contributed by atoms with Crippen LogP contribution < -0.4 is 5.32 Å². The van der Waals surface area contributed by atoms with Gasteiger partial charge in [0.25, 0.3) is 0 Å². The number of hydrogen-bond donors (Lipinski definition) is 1. The van der Waals surface area contributed by atoms with Gasteiger partial charge in [0.15, 0.2) is 0 Å². The van der Waals surface area contributed by atoms with Crippen molar-refractivity contribution in [2.75, 3.05) is 5.32 Å². The summed E-state index contributed by atoms with van der Waals surface area (Å²) in [5, 5.41) is 3.41. The summed E-state index contributed by atoms with van der Waals surface area (Å²) >= 11 is 0. The second kappa shape index (κ2) is 5.12. The molecule has 0 unspecified atom stereocenters. The maximum atomic E-state index is 4.37. The molecule has 1 aliphatic carbocycles. The first-order valence-electron chi connectivity index (χ1n) is 6.39. The van der Waals surface area contributed by atoms with Crippen LogP contribution in [0.1, 0.15) is 29.7 Å². The summed E-state index contributed by atoms with van der Waals surface area (Å²) in [7, 11) is 0. The van der Waals surface area contributed by atoms with Crippen LogP contribution in [0.2, 0.25) is 0 Å². The van der Waals surface area contributed by atoms with Crippen LogP contribution in [0.15, 0.2) is 30.9 Å². The van der Waals surface area contributed by atoms with E-state index in [0.29, 0.717) is 0 Å². The Hall–Kier alpha value is -1.97. The number of fused-ring (bicyclic) bond motifs is 1. The molecule has 0 amide bonds. The third-order valence-electron chi connectivity index (χ3n) is 3.33. The molecule has 4 nitrogen and oxygen atoms in total. The van der Waals surface area contributed by atoms with Crippen molar-refractivity contribution < 1.29 is 0 Å². The summed E-state index contributed by atoms with van der Waals surface area (Å²) in [5.41, 5.74) is 3.74. The van der Waals surface area contributed by atoms with Crippen LogP contribution in [0.5, 0.6) is 0 Å². The number of aryl methyl sites for hydroxylation is 1. The van der Waals surface area contributed by atoms with Gasteiger partial charge in [-0.3, -0.25) is 4.98 Å². The zero-order valence-corrected chi connectivity index (χ0v) is 10.3. The van der Waals surface area contributed by atoms with Crippen LogP contribution in [0, 0.1) is 0 Å². The number of nitrogens with zero attached hydrogens (tertiary/aromatic N) is 3. The SMILES string of the molecule is c1cc(CNc2ncnc3c2CCCC3)ccn1. The predicted molar refractivity (Wildman–Crippen MR) is 70.2 cm³/mol. The molecule has 2 heterocycles. The van der Waals surface area contributed by atoms with Crippen molar-refractivity contribution in [2.24, 2.45) is 0 Å². The largest absolute Gasteiger partial charge is 0.366 e. The predicted octanol–water partition coefficient (Wildman–Crippen LogP) is 2.36. The monoisotopic (exact) mass is 240 g/mol. The highest BCUT2D eigenvalue weighted by atomic mass is 15.0. The molecule has 3 rings (SSSR count). The average molecular weight is 240 g/mol. The quantitative estimate of drug-likeness (QED) is 0.894. The molecular formula is C14H16N4. The van der Waals surface area contributed by atoms with Crippen molar-refractivity contribution in [1.82, 2.24) is 15.0 Å². The van der Waals surface area contributed by atoms with E-state index in [0.717, 1.165) is 25.2 Å². The van der Waals surface area contributed by atoms with Crippen LogP contribution in [-0.2, 0) is 19.4 Å². The molecule has 0 fully saturated rings. The van der Waals surface area contributed by atoms with Gasteiger partial charge in [-0.05, 0) is 43.4 Å². The molecular weight excluding hydrogens is 224 g/mol. The van der Waals surface area contributed by atoms with E-state index in [1.807, 2.05) is 24.5 Å². The van der Waals surface area contributed by atoms with Crippen molar-refractivity contribution in [3.05, 3.63) is 47.7 Å². The van der Waals surface area contributed by atoms with Crippen molar-refractivity contribution in [2.45, 2.75) is 32.2 Å². The summed E-state index contributed by atoms with van der Waals surface area (Å²) in [6, 6.07) is 4.03. The number of aromatic nitrogens is 3. The minimum absolute atomic E-state index is 0.784. The van der Waals surface area contributed by atoms with Crippen molar-refractivity contribution in [3.63, 3.8) is 0 Å². The summed E-state index contributed by atoms with van der Waals surface area (Å²) < 4.78 is 0. The first kappa shape index (κ1) is 11.1. The summed E-state index contributed by atoms with van der Waals surface area (Å²) in [5.74, 6) is 0.997. The minimum atomic E-state index is 0.784. The zero-order chi connectivity index (χ0) is 12.2. The Kier molecular flexibility index (Phi) is 3.17. The van der Waals surface area contributed by atoms with Gasteiger partial charge in [-0.25, -0.2) is 9.97 Å². The van der Waals surface area contributed by atoms with E-state index in [2.05, 4.69) is 20.3 Å². The van der Waals surface area contributed by atoms with Gasteiger partial charge in [-0.1, -0.05) is 0 Å². The van der Waals surface area contributed by atoms with Crippen molar-refractivity contribution >= 4 is 5.82 Å². The van der Waals surface area contributed by atoms with Crippen molar-refractivity contribution in [3.8, 4) is 0 Å². The topological polar surface area (TPSA) is 50.7 Å². The van der Waals surface area contributed by atoms with Gasteiger partial charge >= 0.3 is 0 Å². The Balaban J connectivity index is 1.77. The Morgan fingerprint density at radius 1 is 1.06 bits per heavy atom. The standard InChI is InChI=1S/C14H16N4/c1-2-4-13-12(3-1)14(18-10-17-13)16-9-11-5-7-15-8-6-11/h5-8,10H,1-4,9H2,(H,16,17,18). The lowest BCUT2D eigenvalue weighted by Crippen LogP contribution is -2.12. The molecule has 92 valence electrons. The second-order valence-corrected chi connectivity index (χ2v) is 4.56. The van der Waals surface area contributed by atoms with E-state index in [1.165, 1.54) is 29.7 Å². The zero-order valence-electron chi connectivity index (χ0n) is 10.3. The smallest absolute Gasteiger partial charge is 0.133 e. The van der Waals surface area contributed by atoms with Gasteiger partial charge in [-0.2, -0.15) is 0 Å². The molecule has 0 saturated heterocycles. The molecule has 2 aromatic rings. The van der Waals surface area contributed by atoms with E-state index < -0.39 is 0 Å². The molecule has 1 N–H and O–H groups in total. The molecule has 0 atom stereocenters. The molecule has 0 aromatic carbocycles. The minimum Gasteiger partial charge on any atom is -0.366 e. The number of rotatable bonds is 3. The Bertz CT molecular complexity index is 525. The van der Waals surface area contributed by atoms with Crippen LogP contribution >= 0.6 is 0 Å². The fourth-order valence-corrected chi connectivity index (χ4v) is 2.36. The van der Waals surface area contributed by atoms with E-state index in [1.54, 1.807) is 6.33 Å². The normalized spacial score (nSPS) is 14.0.